The van der Waals surface area contributed by atoms with Gasteiger partial charge in [-0.1, -0.05) is 17.7 Å². The third kappa shape index (κ3) is 4.84. The number of carbonyl (C=O) groups excluding carboxylic acids is 1. The smallest absolute Gasteiger partial charge is 0.326 e. The molecule has 0 N–H and O–H groups in total. The average molecular weight is 414 g/mol. The van der Waals surface area contributed by atoms with Crippen molar-refractivity contribution in [3.63, 3.8) is 0 Å². The number of carbonyl (C=O) groups is 1. The van der Waals surface area contributed by atoms with Crippen molar-refractivity contribution in [1.29, 1.82) is 0 Å². The van der Waals surface area contributed by atoms with Crippen LogP contribution in [0.15, 0.2) is 47.4 Å². The SMILES string of the molecule is CCOc1cccc(N(CC(=O)OC)S(=O)(=O)c2ccc(OC)c(Cl)c2)c1. The Balaban J connectivity index is 2.53. The molecule has 0 aliphatic rings. The van der Waals surface area contributed by atoms with Crippen LogP contribution in [0.2, 0.25) is 5.02 Å². The number of anilines is 1. The molecule has 2 aromatic rings. The zero-order valence-corrected chi connectivity index (χ0v) is 16.7. The van der Waals surface area contributed by atoms with Gasteiger partial charge in [-0.2, -0.15) is 0 Å². The molecule has 0 saturated carbocycles. The highest BCUT2D eigenvalue weighted by Crippen LogP contribution is 2.31. The molecule has 0 bridgehead atoms. The summed E-state index contributed by atoms with van der Waals surface area (Å²) in [6.45, 7) is 1.73. The predicted octanol–water partition coefficient (Wildman–Crippen LogP) is 3.12. The Kier molecular flexibility index (Phi) is 6.92. The fourth-order valence-corrected chi connectivity index (χ4v) is 4.08. The van der Waals surface area contributed by atoms with E-state index in [1.54, 1.807) is 18.2 Å². The van der Waals surface area contributed by atoms with Crippen LogP contribution in [-0.4, -0.2) is 41.8 Å². The van der Waals surface area contributed by atoms with E-state index >= 15 is 0 Å². The van der Waals surface area contributed by atoms with Gasteiger partial charge in [0.2, 0.25) is 0 Å². The molecule has 0 unspecified atom stereocenters. The Morgan fingerprint density at radius 1 is 1.15 bits per heavy atom. The lowest BCUT2D eigenvalue weighted by Crippen LogP contribution is -2.36. The molecule has 27 heavy (non-hydrogen) atoms. The largest absolute Gasteiger partial charge is 0.495 e. The molecule has 0 saturated heterocycles. The molecule has 2 aromatic carbocycles. The second-order valence-corrected chi connectivity index (χ2v) is 7.58. The first-order chi connectivity index (χ1) is 12.8. The molecule has 0 aliphatic carbocycles. The van der Waals surface area contributed by atoms with E-state index in [2.05, 4.69) is 4.74 Å². The van der Waals surface area contributed by atoms with E-state index in [1.165, 1.54) is 38.5 Å². The van der Waals surface area contributed by atoms with E-state index in [4.69, 9.17) is 21.1 Å². The maximum atomic E-state index is 13.2. The van der Waals surface area contributed by atoms with Crippen LogP contribution in [0.1, 0.15) is 6.92 Å². The van der Waals surface area contributed by atoms with Crippen LogP contribution >= 0.6 is 11.6 Å². The van der Waals surface area contributed by atoms with E-state index in [-0.39, 0.29) is 15.6 Å². The van der Waals surface area contributed by atoms with Gasteiger partial charge in [0.1, 0.15) is 18.0 Å². The van der Waals surface area contributed by atoms with Crippen LogP contribution in [0.3, 0.4) is 0 Å². The number of methoxy groups -OCH3 is 2. The Bertz CT molecular complexity index is 916. The molecule has 0 heterocycles. The van der Waals surface area contributed by atoms with Crippen molar-refractivity contribution in [2.45, 2.75) is 11.8 Å². The molecule has 0 spiro atoms. The van der Waals surface area contributed by atoms with Gasteiger partial charge in [0.25, 0.3) is 10.0 Å². The highest BCUT2D eigenvalue weighted by Gasteiger charge is 2.28. The number of sulfonamides is 1. The topological polar surface area (TPSA) is 82.1 Å². The van der Waals surface area contributed by atoms with Gasteiger partial charge in [0.15, 0.2) is 0 Å². The zero-order valence-electron chi connectivity index (χ0n) is 15.1. The minimum absolute atomic E-state index is 0.0842. The Labute approximate surface area is 163 Å². The summed E-state index contributed by atoms with van der Waals surface area (Å²) in [5.41, 5.74) is 0.262. The molecule has 0 aliphatic heterocycles. The number of benzene rings is 2. The highest BCUT2D eigenvalue weighted by atomic mass is 35.5. The Morgan fingerprint density at radius 3 is 2.48 bits per heavy atom. The summed E-state index contributed by atoms with van der Waals surface area (Å²) >= 11 is 6.07. The Hall–Kier alpha value is -2.45. The van der Waals surface area contributed by atoms with Crippen LogP contribution in [0.25, 0.3) is 0 Å². The van der Waals surface area contributed by atoms with E-state index in [9.17, 15) is 13.2 Å². The van der Waals surface area contributed by atoms with E-state index in [0.29, 0.717) is 18.1 Å². The molecule has 9 heteroatoms. The zero-order chi connectivity index (χ0) is 20.0. The molecule has 0 fully saturated rings. The number of hydrogen-bond donors (Lipinski definition) is 0. The lowest BCUT2D eigenvalue weighted by molar-refractivity contribution is -0.138. The molecule has 0 atom stereocenters. The molecule has 146 valence electrons. The normalized spacial score (nSPS) is 11.0. The van der Waals surface area contributed by atoms with Gasteiger partial charge in [-0.25, -0.2) is 8.42 Å². The first-order valence-corrected chi connectivity index (χ1v) is 9.81. The second kappa shape index (κ2) is 8.96. The summed E-state index contributed by atoms with van der Waals surface area (Å²) < 4.78 is 42.4. The van der Waals surface area contributed by atoms with Gasteiger partial charge < -0.3 is 14.2 Å². The summed E-state index contributed by atoms with van der Waals surface area (Å²) in [5.74, 6) is 0.112. The van der Waals surface area contributed by atoms with Crippen LogP contribution in [-0.2, 0) is 19.6 Å². The molecule has 0 radical (unpaired) electrons. The van der Waals surface area contributed by atoms with Crippen molar-refractivity contribution in [2.75, 3.05) is 31.7 Å². The van der Waals surface area contributed by atoms with Crippen LogP contribution in [0, 0.1) is 0 Å². The second-order valence-electron chi connectivity index (χ2n) is 5.31. The van der Waals surface area contributed by atoms with Crippen molar-refractivity contribution in [3.8, 4) is 11.5 Å². The van der Waals surface area contributed by atoms with E-state index in [1.807, 2.05) is 6.92 Å². The minimum Gasteiger partial charge on any atom is -0.495 e. The van der Waals surface area contributed by atoms with Crippen molar-refractivity contribution in [2.24, 2.45) is 0 Å². The molecule has 0 amide bonds. The number of halogens is 1. The van der Waals surface area contributed by atoms with Gasteiger partial charge in [-0.3, -0.25) is 9.10 Å². The lowest BCUT2D eigenvalue weighted by atomic mass is 10.3. The first kappa shape index (κ1) is 20.9. The van der Waals surface area contributed by atoms with Gasteiger partial charge in [-0.05, 0) is 37.3 Å². The minimum atomic E-state index is -4.10. The number of ether oxygens (including phenoxy) is 3. The standard InChI is InChI=1S/C18H20ClNO6S/c1-4-26-14-7-5-6-13(10-14)20(12-18(21)25-3)27(22,23)15-8-9-17(24-2)16(19)11-15/h5-11H,4,12H2,1-3H3. The summed E-state index contributed by atoms with van der Waals surface area (Å²) in [7, 11) is -1.48. The monoisotopic (exact) mass is 413 g/mol. The Morgan fingerprint density at radius 2 is 1.89 bits per heavy atom. The summed E-state index contributed by atoms with van der Waals surface area (Å²) in [5, 5.41) is 0.139. The quantitative estimate of drug-likeness (QED) is 0.618. The van der Waals surface area contributed by atoms with Crippen LogP contribution in [0.5, 0.6) is 11.5 Å². The van der Waals surface area contributed by atoms with E-state index < -0.39 is 22.5 Å². The fraction of sp³-hybridized carbons (Fsp3) is 0.278. The number of hydrogen-bond acceptors (Lipinski definition) is 6. The van der Waals surface area contributed by atoms with Crippen LogP contribution < -0.4 is 13.8 Å². The molecular weight excluding hydrogens is 394 g/mol. The van der Waals surface area contributed by atoms with Crippen molar-refractivity contribution >= 4 is 33.3 Å². The third-order valence-electron chi connectivity index (χ3n) is 3.63. The van der Waals surface area contributed by atoms with Crippen molar-refractivity contribution < 1.29 is 27.4 Å². The predicted molar refractivity (Wildman–Crippen MR) is 102 cm³/mol. The average Bonchev–Trinajstić information content (AvgIpc) is 2.66. The number of nitrogens with zero attached hydrogens (tertiary/aromatic N) is 1. The van der Waals surface area contributed by atoms with Gasteiger partial charge in [0.05, 0.1) is 36.4 Å². The van der Waals surface area contributed by atoms with E-state index in [0.717, 1.165) is 4.31 Å². The number of rotatable bonds is 8. The molecule has 0 aromatic heterocycles. The maximum Gasteiger partial charge on any atom is 0.326 e. The third-order valence-corrected chi connectivity index (χ3v) is 5.69. The van der Waals surface area contributed by atoms with Gasteiger partial charge in [-0.15, -0.1) is 0 Å². The van der Waals surface area contributed by atoms with Crippen molar-refractivity contribution in [1.82, 2.24) is 0 Å². The molecule has 2 rings (SSSR count). The maximum absolute atomic E-state index is 13.2. The molecule has 7 nitrogen and oxygen atoms in total. The number of esters is 1. The molecular formula is C18H20ClNO6S. The van der Waals surface area contributed by atoms with Crippen LogP contribution in [0.4, 0.5) is 5.69 Å². The summed E-state index contributed by atoms with van der Waals surface area (Å²) in [6, 6.07) is 10.5. The summed E-state index contributed by atoms with van der Waals surface area (Å²) in [4.78, 5) is 11.8. The fourth-order valence-electron chi connectivity index (χ4n) is 2.33. The lowest BCUT2D eigenvalue weighted by Gasteiger charge is -2.24. The van der Waals surface area contributed by atoms with Crippen molar-refractivity contribution in [3.05, 3.63) is 47.5 Å². The summed E-state index contributed by atoms with van der Waals surface area (Å²) in [6.07, 6.45) is 0. The van der Waals surface area contributed by atoms with Gasteiger partial charge in [0, 0.05) is 6.07 Å². The highest BCUT2D eigenvalue weighted by molar-refractivity contribution is 7.92. The first-order valence-electron chi connectivity index (χ1n) is 7.99. The van der Waals surface area contributed by atoms with Gasteiger partial charge >= 0.3 is 5.97 Å².